The molecule has 0 bridgehead atoms. The van der Waals surface area contributed by atoms with E-state index in [2.05, 4.69) is 29.9 Å². The van der Waals surface area contributed by atoms with Crippen molar-refractivity contribution in [2.45, 2.75) is 33.1 Å². The van der Waals surface area contributed by atoms with Gasteiger partial charge in [0, 0.05) is 41.4 Å². The highest BCUT2D eigenvalue weighted by Crippen LogP contribution is 2.29. The summed E-state index contributed by atoms with van der Waals surface area (Å²) in [5, 5.41) is 7.13. The maximum Gasteiger partial charge on any atom is 0.214 e. The van der Waals surface area contributed by atoms with Gasteiger partial charge >= 0.3 is 0 Å². The van der Waals surface area contributed by atoms with E-state index in [9.17, 15) is 9.18 Å². The van der Waals surface area contributed by atoms with Crippen LogP contribution in [0.1, 0.15) is 55.0 Å². The van der Waals surface area contributed by atoms with Gasteiger partial charge in [-0.1, -0.05) is 32.7 Å². The van der Waals surface area contributed by atoms with E-state index in [1.807, 2.05) is 20.8 Å². The van der Waals surface area contributed by atoms with Gasteiger partial charge in [0.05, 0.1) is 10.9 Å². The molecule has 33 heavy (non-hydrogen) atoms. The summed E-state index contributed by atoms with van der Waals surface area (Å²) in [6.07, 6.45) is 5.83. The maximum atomic E-state index is 15.0. The fraction of sp³-hybridized carbons (Fsp3) is 0.261. The number of H-pyrrole nitrogens is 1. The molecular weight excluding hydrogens is 446 g/mol. The number of fused-ring (bicyclic) bond motifs is 1. The fourth-order valence-electron chi connectivity index (χ4n) is 3.20. The van der Waals surface area contributed by atoms with E-state index < -0.39 is 17.4 Å². The van der Waals surface area contributed by atoms with E-state index in [-0.39, 0.29) is 22.9 Å². The highest BCUT2D eigenvalue weighted by atomic mass is 32.2. The Morgan fingerprint density at radius 1 is 1.12 bits per heavy atom. The van der Waals surface area contributed by atoms with Gasteiger partial charge in [0.2, 0.25) is 5.78 Å². The Hall–Kier alpha value is -3.40. The molecule has 0 atom stereocenters. The minimum atomic E-state index is -0.951. The van der Waals surface area contributed by atoms with E-state index in [0.717, 1.165) is 29.9 Å². The lowest BCUT2D eigenvalue weighted by atomic mass is 10.0. The van der Waals surface area contributed by atoms with Crippen LogP contribution in [-0.4, -0.2) is 36.7 Å². The number of nitrogens with zero attached hydrogens (tertiary/aromatic N) is 4. The van der Waals surface area contributed by atoms with Gasteiger partial charge in [-0.2, -0.15) is 5.10 Å². The Kier molecular flexibility index (Phi) is 6.64. The van der Waals surface area contributed by atoms with Crippen LogP contribution in [0, 0.1) is 11.6 Å². The molecule has 0 saturated carbocycles. The molecule has 0 amide bonds. The Morgan fingerprint density at radius 2 is 1.85 bits per heavy atom. The van der Waals surface area contributed by atoms with Crippen molar-refractivity contribution >= 4 is 34.5 Å². The highest BCUT2D eigenvalue weighted by Gasteiger charge is 2.23. The number of ketones is 1. The van der Waals surface area contributed by atoms with E-state index in [1.165, 1.54) is 11.9 Å². The van der Waals surface area contributed by atoms with Crippen LogP contribution in [0.15, 0.2) is 36.8 Å². The number of aromatic nitrogens is 5. The first-order valence-corrected chi connectivity index (χ1v) is 11.5. The van der Waals surface area contributed by atoms with Crippen LogP contribution in [0.25, 0.3) is 22.2 Å². The van der Waals surface area contributed by atoms with Crippen molar-refractivity contribution in [3.8, 4) is 11.1 Å². The molecule has 3 aromatic heterocycles. The van der Waals surface area contributed by atoms with Crippen molar-refractivity contribution in [3.05, 3.63) is 65.5 Å². The van der Waals surface area contributed by atoms with E-state index in [4.69, 9.17) is 0 Å². The zero-order valence-electron chi connectivity index (χ0n) is 18.3. The van der Waals surface area contributed by atoms with Crippen LogP contribution in [0.5, 0.6) is 0 Å². The molecule has 10 heteroatoms. The Bertz CT molecular complexity index is 1310. The summed E-state index contributed by atoms with van der Waals surface area (Å²) in [6.45, 7) is 5.96. The molecule has 3 heterocycles. The van der Waals surface area contributed by atoms with Crippen molar-refractivity contribution in [1.82, 2.24) is 25.1 Å². The number of hydrogen-bond acceptors (Lipinski definition) is 7. The number of benzene rings is 1. The molecular formula is C23H22F2N6OS. The van der Waals surface area contributed by atoms with Gasteiger partial charge in [0.25, 0.3) is 0 Å². The van der Waals surface area contributed by atoms with Crippen LogP contribution < -0.4 is 4.72 Å². The summed E-state index contributed by atoms with van der Waals surface area (Å²) < 4.78 is 31.9. The van der Waals surface area contributed by atoms with Crippen LogP contribution in [0.4, 0.5) is 14.5 Å². The first kappa shape index (κ1) is 22.8. The van der Waals surface area contributed by atoms with Crippen molar-refractivity contribution in [2.24, 2.45) is 0 Å². The molecule has 0 aliphatic carbocycles. The monoisotopic (exact) mass is 468 g/mol. The maximum absolute atomic E-state index is 15.0. The minimum absolute atomic E-state index is 0.0664. The number of aromatic amines is 1. The lowest BCUT2D eigenvalue weighted by Crippen LogP contribution is -2.08. The van der Waals surface area contributed by atoms with Crippen LogP contribution >= 0.6 is 11.9 Å². The van der Waals surface area contributed by atoms with Crippen molar-refractivity contribution in [3.63, 3.8) is 0 Å². The van der Waals surface area contributed by atoms with Gasteiger partial charge in [-0.3, -0.25) is 9.89 Å². The number of halogens is 2. The molecule has 0 radical (unpaired) electrons. The molecule has 7 nitrogen and oxygen atoms in total. The van der Waals surface area contributed by atoms with E-state index >= 15 is 4.39 Å². The quantitative estimate of drug-likeness (QED) is 0.200. The topological polar surface area (TPSA) is 96.5 Å². The average Bonchev–Trinajstić information content (AvgIpc) is 3.24. The molecule has 1 aromatic carbocycles. The smallest absolute Gasteiger partial charge is 0.214 e. The second kappa shape index (κ2) is 9.62. The van der Waals surface area contributed by atoms with Gasteiger partial charge in [-0.25, -0.2) is 23.7 Å². The summed E-state index contributed by atoms with van der Waals surface area (Å²) in [5.41, 5.74) is 1.17. The first-order valence-electron chi connectivity index (χ1n) is 10.5. The van der Waals surface area contributed by atoms with Crippen molar-refractivity contribution < 1.29 is 13.6 Å². The van der Waals surface area contributed by atoms with Crippen molar-refractivity contribution in [2.75, 3.05) is 10.5 Å². The van der Waals surface area contributed by atoms with Crippen LogP contribution in [0.2, 0.25) is 0 Å². The predicted molar refractivity (Wildman–Crippen MR) is 125 cm³/mol. The van der Waals surface area contributed by atoms with Gasteiger partial charge < -0.3 is 4.72 Å². The third kappa shape index (κ3) is 4.56. The van der Waals surface area contributed by atoms with Gasteiger partial charge in [0.1, 0.15) is 23.0 Å². The third-order valence-corrected chi connectivity index (χ3v) is 5.94. The summed E-state index contributed by atoms with van der Waals surface area (Å²) in [5.74, 6) is -0.783. The van der Waals surface area contributed by atoms with Crippen molar-refractivity contribution in [1.29, 1.82) is 0 Å². The van der Waals surface area contributed by atoms with Gasteiger partial charge in [0.15, 0.2) is 11.5 Å². The zero-order valence-corrected chi connectivity index (χ0v) is 19.1. The lowest BCUT2D eigenvalue weighted by Gasteiger charge is -2.10. The molecule has 0 spiro atoms. The largest absolute Gasteiger partial charge is 0.325 e. The zero-order chi connectivity index (χ0) is 23.5. The molecule has 0 aliphatic heterocycles. The Morgan fingerprint density at radius 3 is 2.55 bits per heavy atom. The normalized spacial score (nSPS) is 11.3. The number of pyridine rings is 1. The van der Waals surface area contributed by atoms with E-state index in [1.54, 1.807) is 24.7 Å². The van der Waals surface area contributed by atoms with Crippen LogP contribution in [0.3, 0.4) is 0 Å². The molecule has 170 valence electrons. The summed E-state index contributed by atoms with van der Waals surface area (Å²) >= 11 is 1.17. The standard InChI is InChI=1S/C23H22F2N6OS/c1-4-7-33-31-20-17(24)6-5-15(18(20)25)21(32)19-16-8-13(9-28-23(16)30-29-19)14-10-26-22(12(2)3)27-11-14/h5-6,8-12,31H,4,7H2,1-3H3,(H,28,29,30). The summed E-state index contributed by atoms with van der Waals surface area (Å²) in [6, 6.07) is 3.93. The van der Waals surface area contributed by atoms with E-state index in [0.29, 0.717) is 22.3 Å². The summed E-state index contributed by atoms with van der Waals surface area (Å²) in [7, 11) is 0. The second-order valence-corrected chi connectivity index (χ2v) is 8.64. The number of rotatable bonds is 8. The molecule has 0 unspecified atom stereocenters. The number of anilines is 1. The second-order valence-electron chi connectivity index (χ2n) is 7.74. The molecule has 0 saturated heterocycles. The number of nitrogens with one attached hydrogen (secondary N) is 2. The molecule has 0 fully saturated rings. The average molecular weight is 469 g/mol. The van der Waals surface area contributed by atoms with Gasteiger partial charge in [-0.15, -0.1) is 0 Å². The highest BCUT2D eigenvalue weighted by molar-refractivity contribution is 8.00. The number of carbonyl (C=O) groups excluding carboxylic acids is 1. The third-order valence-electron chi connectivity index (χ3n) is 4.97. The molecule has 4 aromatic rings. The summed E-state index contributed by atoms with van der Waals surface area (Å²) in [4.78, 5) is 26.2. The Balaban J connectivity index is 1.71. The lowest BCUT2D eigenvalue weighted by molar-refractivity contribution is 0.103. The molecule has 2 N–H and O–H groups in total. The minimum Gasteiger partial charge on any atom is -0.325 e. The van der Waals surface area contributed by atoms with Crippen LogP contribution in [-0.2, 0) is 0 Å². The Labute approximate surface area is 193 Å². The predicted octanol–water partition coefficient (Wildman–Crippen LogP) is 5.52. The first-order chi connectivity index (χ1) is 15.9. The molecule has 0 aliphatic rings. The number of hydrogen-bond donors (Lipinski definition) is 2. The molecule has 4 rings (SSSR count). The van der Waals surface area contributed by atoms with Gasteiger partial charge in [-0.05, 0) is 24.6 Å². The SMILES string of the molecule is CCCSNc1c(F)ccc(C(=O)c2[nH]nc3ncc(-c4cnc(C(C)C)nc4)cc23)c1F. The number of carbonyl (C=O) groups is 1. The fourth-order valence-corrected chi connectivity index (χ4v) is 3.83.